The summed E-state index contributed by atoms with van der Waals surface area (Å²) in [6.07, 6.45) is 0. The molecule has 7 heteroatoms. The second kappa shape index (κ2) is 7.96. The van der Waals surface area contributed by atoms with Crippen molar-refractivity contribution in [3.63, 3.8) is 0 Å². The lowest BCUT2D eigenvalue weighted by Gasteiger charge is -2.25. The maximum Gasteiger partial charge on any atom is 0.300 e. The lowest BCUT2D eigenvalue weighted by atomic mass is 9.94. The number of carbonyl (C=O) groups excluding carboxylic acids is 2. The van der Waals surface area contributed by atoms with Crippen LogP contribution in [0.2, 0.25) is 5.02 Å². The molecule has 1 amide bonds. The number of rotatable bonds is 3. The smallest absolute Gasteiger partial charge is 0.300 e. The zero-order chi connectivity index (χ0) is 22.3. The molecular formula is C24H16ClF2NO3. The van der Waals surface area contributed by atoms with Gasteiger partial charge in [-0.05, 0) is 48.9 Å². The van der Waals surface area contributed by atoms with E-state index in [0.29, 0.717) is 16.1 Å². The maximum absolute atomic E-state index is 13.9. The van der Waals surface area contributed by atoms with Crippen LogP contribution in [0.5, 0.6) is 0 Å². The van der Waals surface area contributed by atoms with E-state index in [9.17, 15) is 23.5 Å². The van der Waals surface area contributed by atoms with Gasteiger partial charge in [0.15, 0.2) is 11.6 Å². The van der Waals surface area contributed by atoms with E-state index in [2.05, 4.69) is 0 Å². The number of hydrogen-bond donors (Lipinski definition) is 1. The summed E-state index contributed by atoms with van der Waals surface area (Å²) >= 11 is 5.91. The number of benzene rings is 3. The van der Waals surface area contributed by atoms with Gasteiger partial charge >= 0.3 is 0 Å². The van der Waals surface area contributed by atoms with Crippen molar-refractivity contribution in [3.8, 4) is 0 Å². The summed E-state index contributed by atoms with van der Waals surface area (Å²) in [5.41, 5.74) is 1.55. The van der Waals surface area contributed by atoms with Gasteiger partial charge in [0.25, 0.3) is 11.7 Å². The number of ketones is 1. The molecule has 0 spiro atoms. The minimum atomic E-state index is -1.15. The van der Waals surface area contributed by atoms with Crippen molar-refractivity contribution >= 4 is 34.7 Å². The highest BCUT2D eigenvalue weighted by Crippen LogP contribution is 2.42. The second-order valence-electron chi connectivity index (χ2n) is 7.19. The van der Waals surface area contributed by atoms with Crippen LogP contribution in [0.3, 0.4) is 0 Å². The number of halogens is 3. The van der Waals surface area contributed by atoms with Crippen LogP contribution < -0.4 is 4.90 Å². The summed E-state index contributed by atoms with van der Waals surface area (Å²) in [6.45, 7) is 1.84. The Morgan fingerprint density at radius 2 is 1.68 bits per heavy atom. The monoisotopic (exact) mass is 439 g/mol. The number of nitrogens with zero attached hydrogens (tertiary/aromatic N) is 1. The van der Waals surface area contributed by atoms with E-state index in [4.69, 9.17) is 11.6 Å². The minimum absolute atomic E-state index is 0.00247. The summed E-state index contributed by atoms with van der Waals surface area (Å²) in [5.74, 6) is -4.49. The first-order valence-electron chi connectivity index (χ1n) is 9.36. The Morgan fingerprint density at radius 3 is 2.32 bits per heavy atom. The summed E-state index contributed by atoms with van der Waals surface area (Å²) in [4.78, 5) is 27.0. The van der Waals surface area contributed by atoms with Gasteiger partial charge in [0.2, 0.25) is 0 Å². The molecular weight excluding hydrogens is 424 g/mol. The summed E-state index contributed by atoms with van der Waals surface area (Å²) in [6, 6.07) is 15.1. The fourth-order valence-corrected chi connectivity index (χ4v) is 3.78. The molecule has 4 rings (SSSR count). The normalized spacial score (nSPS) is 17.9. The Hall–Kier alpha value is -3.51. The van der Waals surface area contributed by atoms with Crippen molar-refractivity contribution in [1.29, 1.82) is 0 Å². The molecule has 0 saturated carbocycles. The predicted molar refractivity (Wildman–Crippen MR) is 114 cm³/mol. The van der Waals surface area contributed by atoms with E-state index in [-0.39, 0.29) is 17.0 Å². The topological polar surface area (TPSA) is 57.6 Å². The molecule has 1 fully saturated rings. The molecule has 1 saturated heterocycles. The molecule has 4 nitrogen and oxygen atoms in total. The molecule has 1 atom stereocenters. The van der Waals surface area contributed by atoms with Gasteiger partial charge in [0, 0.05) is 22.3 Å². The van der Waals surface area contributed by atoms with E-state index in [1.165, 1.54) is 18.2 Å². The highest BCUT2D eigenvalue weighted by atomic mass is 35.5. The number of anilines is 1. The molecule has 1 aliphatic rings. The van der Waals surface area contributed by atoms with Gasteiger partial charge < -0.3 is 5.11 Å². The van der Waals surface area contributed by atoms with Gasteiger partial charge in [-0.3, -0.25) is 14.5 Å². The van der Waals surface area contributed by atoms with E-state index in [1.54, 1.807) is 30.3 Å². The molecule has 31 heavy (non-hydrogen) atoms. The standard InChI is InChI=1S/C24H16ClF2NO3/c1-13-3-2-4-15(11-13)21-20(22(29)14-5-7-16(25)8-6-14)23(30)24(31)28(21)17-9-10-18(26)19(27)12-17/h2-12,21,29H,1H3/b22-20+. The van der Waals surface area contributed by atoms with Crippen LogP contribution in [-0.4, -0.2) is 16.8 Å². The fourth-order valence-electron chi connectivity index (χ4n) is 3.65. The van der Waals surface area contributed by atoms with Crippen LogP contribution in [0.15, 0.2) is 72.3 Å². The average Bonchev–Trinajstić information content (AvgIpc) is 3.01. The van der Waals surface area contributed by atoms with Crippen molar-refractivity contribution in [3.05, 3.63) is 106 Å². The molecule has 1 N–H and O–H groups in total. The summed E-state index contributed by atoms with van der Waals surface area (Å²) in [5, 5.41) is 11.4. The number of carbonyl (C=O) groups is 2. The number of hydrogen-bond acceptors (Lipinski definition) is 3. The molecule has 0 aromatic heterocycles. The first kappa shape index (κ1) is 20.8. The molecule has 0 bridgehead atoms. The molecule has 1 unspecified atom stereocenters. The van der Waals surface area contributed by atoms with Gasteiger partial charge in [-0.1, -0.05) is 41.4 Å². The largest absolute Gasteiger partial charge is 0.507 e. The van der Waals surface area contributed by atoms with Gasteiger partial charge in [0.05, 0.1) is 11.6 Å². The number of aliphatic hydroxyl groups excluding tert-OH is 1. The van der Waals surface area contributed by atoms with Crippen molar-refractivity contribution in [2.75, 3.05) is 4.90 Å². The Kier molecular flexibility index (Phi) is 5.33. The fraction of sp³-hybridized carbons (Fsp3) is 0.0833. The van der Waals surface area contributed by atoms with Crippen molar-refractivity contribution < 1.29 is 23.5 Å². The van der Waals surface area contributed by atoms with Crippen molar-refractivity contribution in [2.45, 2.75) is 13.0 Å². The van der Waals surface area contributed by atoms with E-state index >= 15 is 0 Å². The van der Waals surface area contributed by atoms with E-state index < -0.39 is 29.4 Å². The van der Waals surface area contributed by atoms with E-state index in [0.717, 1.165) is 22.6 Å². The first-order valence-corrected chi connectivity index (χ1v) is 9.74. The van der Waals surface area contributed by atoms with Gasteiger partial charge in [0.1, 0.15) is 5.76 Å². The SMILES string of the molecule is Cc1cccc(C2/C(=C(\O)c3ccc(Cl)cc3)C(=O)C(=O)N2c2ccc(F)c(F)c2)c1. The highest BCUT2D eigenvalue weighted by molar-refractivity contribution is 6.51. The summed E-state index contributed by atoms with van der Waals surface area (Å²) in [7, 11) is 0. The number of Topliss-reactive ketones (excluding diaryl/α,β-unsaturated/α-hetero) is 1. The molecule has 3 aromatic rings. The minimum Gasteiger partial charge on any atom is -0.507 e. The van der Waals surface area contributed by atoms with Gasteiger partial charge in [-0.25, -0.2) is 8.78 Å². The van der Waals surface area contributed by atoms with Crippen LogP contribution in [0, 0.1) is 18.6 Å². The number of amides is 1. The lowest BCUT2D eigenvalue weighted by Crippen LogP contribution is -2.29. The van der Waals surface area contributed by atoms with Crippen LogP contribution in [-0.2, 0) is 9.59 Å². The van der Waals surface area contributed by atoms with Crippen LogP contribution in [0.1, 0.15) is 22.7 Å². The third kappa shape index (κ3) is 3.70. The van der Waals surface area contributed by atoms with Crippen LogP contribution in [0.4, 0.5) is 14.5 Å². The number of aliphatic hydroxyl groups is 1. The Bertz CT molecular complexity index is 1240. The Morgan fingerprint density at radius 1 is 0.968 bits per heavy atom. The zero-order valence-corrected chi connectivity index (χ0v) is 17.0. The van der Waals surface area contributed by atoms with Gasteiger partial charge in [-0.15, -0.1) is 0 Å². The van der Waals surface area contributed by atoms with Crippen LogP contribution >= 0.6 is 11.6 Å². The lowest BCUT2D eigenvalue weighted by molar-refractivity contribution is -0.132. The highest BCUT2D eigenvalue weighted by Gasteiger charge is 2.47. The summed E-state index contributed by atoms with van der Waals surface area (Å²) < 4.78 is 27.4. The Balaban J connectivity index is 1.96. The molecule has 0 radical (unpaired) electrons. The number of aryl methyl sites for hydroxylation is 1. The first-order chi connectivity index (χ1) is 14.8. The zero-order valence-electron chi connectivity index (χ0n) is 16.3. The molecule has 1 aliphatic heterocycles. The molecule has 3 aromatic carbocycles. The van der Waals surface area contributed by atoms with E-state index in [1.807, 2.05) is 13.0 Å². The second-order valence-corrected chi connectivity index (χ2v) is 7.62. The third-order valence-electron chi connectivity index (χ3n) is 5.10. The van der Waals surface area contributed by atoms with Crippen molar-refractivity contribution in [2.24, 2.45) is 0 Å². The Labute approximate surface area is 182 Å². The molecule has 0 aliphatic carbocycles. The predicted octanol–water partition coefficient (Wildman–Crippen LogP) is 5.55. The molecule has 156 valence electrons. The van der Waals surface area contributed by atoms with Crippen molar-refractivity contribution in [1.82, 2.24) is 0 Å². The average molecular weight is 440 g/mol. The third-order valence-corrected chi connectivity index (χ3v) is 5.35. The van der Waals surface area contributed by atoms with Crippen LogP contribution in [0.25, 0.3) is 5.76 Å². The quantitative estimate of drug-likeness (QED) is 0.330. The maximum atomic E-state index is 13.9. The van der Waals surface area contributed by atoms with Gasteiger partial charge in [-0.2, -0.15) is 0 Å². The molecule has 1 heterocycles.